The lowest BCUT2D eigenvalue weighted by atomic mass is 9.83. The van der Waals surface area contributed by atoms with Crippen LogP contribution in [-0.2, 0) is 14.9 Å². The van der Waals surface area contributed by atoms with Crippen LogP contribution in [0.25, 0.3) is 0 Å². The van der Waals surface area contributed by atoms with Crippen LogP contribution in [0.3, 0.4) is 0 Å². The summed E-state index contributed by atoms with van der Waals surface area (Å²) in [5, 5.41) is 19.7. The van der Waals surface area contributed by atoms with Gasteiger partial charge >= 0.3 is 0 Å². The molecule has 0 saturated heterocycles. The van der Waals surface area contributed by atoms with Crippen molar-refractivity contribution in [3.63, 3.8) is 0 Å². The zero-order valence-corrected chi connectivity index (χ0v) is 18.1. The Morgan fingerprint density at radius 2 is 1.14 bits per heavy atom. The smallest absolute Gasteiger partial charge is 0.283 e. The van der Waals surface area contributed by atoms with Gasteiger partial charge in [0.05, 0.1) is 15.1 Å². The van der Waals surface area contributed by atoms with Gasteiger partial charge in [0.15, 0.2) is 4.75 Å². The van der Waals surface area contributed by atoms with E-state index >= 15 is 0 Å². The molecule has 0 aliphatic carbocycles. The Labute approximate surface area is 186 Å². The van der Waals surface area contributed by atoms with Gasteiger partial charge in [0.2, 0.25) is 0 Å². The number of hydrogen-bond acceptors (Lipinski definition) is 4. The second-order valence-electron chi connectivity index (χ2n) is 6.10. The van der Waals surface area contributed by atoms with Crippen molar-refractivity contribution in [1.82, 2.24) is 0 Å². The Kier molecular flexibility index (Phi) is 5.98. The Bertz CT molecular complexity index is 1090. The molecule has 1 atom stereocenters. The second kappa shape index (κ2) is 7.87. The van der Waals surface area contributed by atoms with Gasteiger partial charge in [0.25, 0.3) is 10.1 Å². The lowest BCUT2D eigenvalue weighted by molar-refractivity contribution is 0.444. The molecule has 10 heteroatoms. The molecule has 0 spiro atoms. The molecule has 1 unspecified atom stereocenters. The molecular weight excluding hydrogens is 482 g/mol. The number of phenolic OH excluding ortho intramolecular Hbond substituents is 2. The van der Waals surface area contributed by atoms with Gasteiger partial charge in [-0.15, -0.1) is 0 Å². The average molecular weight is 494 g/mol. The highest BCUT2D eigenvalue weighted by molar-refractivity contribution is 7.87. The summed E-state index contributed by atoms with van der Waals surface area (Å²) in [4.78, 5) is 0. The quantitative estimate of drug-likeness (QED) is 0.239. The van der Waals surface area contributed by atoms with Gasteiger partial charge in [-0.1, -0.05) is 76.7 Å². The first-order valence-corrected chi connectivity index (χ1v) is 10.8. The van der Waals surface area contributed by atoms with E-state index in [0.717, 1.165) is 12.1 Å². The zero-order valence-electron chi connectivity index (χ0n) is 14.3. The first kappa shape index (κ1) is 22.0. The van der Waals surface area contributed by atoms with Crippen molar-refractivity contribution in [2.45, 2.75) is 4.75 Å². The van der Waals surface area contributed by atoms with Gasteiger partial charge in [-0.05, 0) is 41.0 Å². The lowest BCUT2D eigenvalue weighted by Crippen LogP contribution is -2.38. The molecule has 0 amide bonds. The summed E-state index contributed by atoms with van der Waals surface area (Å²) in [6.07, 6.45) is 0. The maximum Gasteiger partial charge on any atom is 0.283 e. The van der Waals surface area contributed by atoms with E-state index in [-0.39, 0.29) is 36.8 Å². The molecule has 5 nitrogen and oxygen atoms in total. The molecule has 0 radical (unpaired) electrons. The zero-order chi connectivity index (χ0) is 21.6. The maximum absolute atomic E-state index is 12.9. The number of hydrogen-bond donors (Lipinski definition) is 3. The predicted molar refractivity (Wildman–Crippen MR) is 114 cm³/mol. The topological polar surface area (TPSA) is 94.8 Å². The van der Waals surface area contributed by atoms with Crippen LogP contribution in [0.1, 0.15) is 16.7 Å². The van der Waals surface area contributed by atoms with E-state index in [1.807, 2.05) is 0 Å². The summed E-state index contributed by atoms with van der Waals surface area (Å²) in [7, 11) is -5.00. The first-order chi connectivity index (χ1) is 13.5. The van der Waals surface area contributed by atoms with Crippen LogP contribution in [-0.4, -0.2) is 23.2 Å². The van der Waals surface area contributed by atoms with Crippen LogP contribution in [0.2, 0.25) is 20.1 Å². The van der Waals surface area contributed by atoms with Crippen molar-refractivity contribution < 1.29 is 23.2 Å². The minimum Gasteiger partial charge on any atom is -0.506 e. The normalized spacial score (nSPS) is 13.8. The number of aromatic hydroxyl groups is 2. The van der Waals surface area contributed by atoms with Gasteiger partial charge in [-0.3, -0.25) is 4.55 Å². The van der Waals surface area contributed by atoms with Crippen LogP contribution < -0.4 is 0 Å². The lowest BCUT2D eigenvalue weighted by Gasteiger charge is -2.33. The number of phenols is 2. The van der Waals surface area contributed by atoms with Gasteiger partial charge < -0.3 is 10.2 Å². The molecule has 0 aromatic heterocycles. The molecule has 0 heterocycles. The predicted octanol–water partition coefficient (Wildman–Crippen LogP) is 5.89. The summed E-state index contributed by atoms with van der Waals surface area (Å²) in [6, 6.07) is 12.2. The highest BCUT2D eigenvalue weighted by atomic mass is 35.5. The maximum atomic E-state index is 12.9. The largest absolute Gasteiger partial charge is 0.506 e. The summed E-state index contributed by atoms with van der Waals surface area (Å²) in [6.45, 7) is 0. The van der Waals surface area contributed by atoms with Crippen LogP contribution in [0.15, 0.2) is 54.6 Å². The van der Waals surface area contributed by atoms with E-state index in [1.165, 1.54) is 24.3 Å². The fourth-order valence-electron chi connectivity index (χ4n) is 3.18. The van der Waals surface area contributed by atoms with Crippen molar-refractivity contribution in [3.8, 4) is 11.5 Å². The van der Waals surface area contributed by atoms with E-state index in [0.29, 0.717) is 0 Å². The minimum atomic E-state index is -5.00. The molecule has 3 N–H and O–H groups in total. The molecule has 29 heavy (non-hydrogen) atoms. The molecule has 0 aliphatic rings. The number of rotatable bonds is 4. The summed E-state index contributed by atoms with van der Waals surface area (Å²) in [5.74, 6) is -1.17. The minimum absolute atomic E-state index is 0.00353. The molecule has 0 bridgehead atoms. The molecule has 0 fully saturated rings. The van der Waals surface area contributed by atoms with Crippen LogP contribution >= 0.6 is 46.4 Å². The summed E-state index contributed by atoms with van der Waals surface area (Å²) in [5.41, 5.74) is -0.162. The van der Waals surface area contributed by atoms with Crippen LogP contribution in [0.4, 0.5) is 0 Å². The van der Waals surface area contributed by atoms with Crippen LogP contribution in [0.5, 0.6) is 11.5 Å². The Hall–Kier alpha value is -1.67. The monoisotopic (exact) mass is 492 g/mol. The summed E-state index contributed by atoms with van der Waals surface area (Å²) >= 11 is 24.1. The Morgan fingerprint density at radius 1 is 0.690 bits per heavy atom. The van der Waals surface area contributed by atoms with Gasteiger partial charge in [-0.25, -0.2) is 0 Å². The van der Waals surface area contributed by atoms with E-state index in [1.54, 1.807) is 18.2 Å². The fourth-order valence-corrected chi connectivity index (χ4v) is 5.15. The third-order valence-electron chi connectivity index (χ3n) is 4.40. The van der Waals surface area contributed by atoms with Crippen molar-refractivity contribution >= 4 is 56.5 Å². The first-order valence-electron chi connectivity index (χ1n) is 7.89. The van der Waals surface area contributed by atoms with Gasteiger partial charge in [0.1, 0.15) is 16.5 Å². The number of benzene rings is 3. The Morgan fingerprint density at radius 3 is 1.59 bits per heavy atom. The molecular formula is C19H12Cl4O5S. The third-order valence-corrected chi connectivity index (χ3v) is 7.46. The third kappa shape index (κ3) is 3.65. The van der Waals surface area contributed by atoms with Crippen molar-refractivity contribution in [1.29, 1.82) is 0 Å². The van der Waals surface area contributed by atoms with E-state index < -0.39 is 26.4 Å². The molecule has 3 aromatic rings. The molecule has 152 valence electrons. The van der Waals surface area contributed by atoms with Crippen LogP contribution in [0, 0.1) is 0 Å². The molecule has 3 rings (SSSR count). The number of halogens is 4. The van der Waals surface area contributed by atoms with Gasteiger partial charge in [-0.2, -0.15) is 8.42 Å². The standard InChI is InChI=1S/C19H12Cl4O5S/c20-13-6-11(7-14(21)17(13)22)19(29(26,27)28,10-4-2-1-3-5-10)12-8-15(24)18(23)16(25)9-12/h1-9,24-25H,(H,26,27,28). The fraction of sp³-hybridized carbons (Fsp3) is 0.0526. The van der Waals surface area contributed by atoms with Crippen molar-refractivity contribution in [2.24, 2.45) is 0 Å². The second-order valence-corrected chi connectivity index (χ2v) is 9.24. The summed E-state index contributed by atoms with van der Waals surface area (Å²) < 4.78 is 34.0. The van der Waals surface area contributed by atoms with E-state index in [2.05, 4.69) is 0 Å². The molecule has 0 aliphatic heterocycles. The molecule has 3 aromatic carbocycles. The van der Waals surface area contributed by atoms with E-state index in [9.17, 15) is 23.2 Å². The van der Waals surface area contributed by atoms with Crippen molar-refractivity contribution in [3.05, 3.63) is 91.4 Å². The van der Waals surface area contributed by atoms with E-state index in [4.69, 9.17) is 46.4 Å². The van der Waals surface area contributed by atoms with Crippen molar-refractivity contribution in [2.75, 3.05) is 0 Å². The average Bonchev–Trinajstić information content (AvgIpc) is 2.64. The highest BCUT2D eigenvalue weighted by Crippen LogP contribution is 2.49. The SMILES string of the molecule is O=S(=O)(O)C(c1ccccc1)(c1cc(O)c(Cl)c(O)c1)c1cc(Cl)c(Cl)c(Cl)c1. The molecule has 0 saturated carbocycles. The van der Waals surface area contributed by atoms with Gasteiger partial charge in [0, 0.05) is 0 Å². The highest BCUT2D eigenvalue weighted by Gasteiger charge is 2.49. The Balaban J connectivity index is 2.57.